The SMILES string of the molecule is CCNC(CC)c1ccc(SCCO)cn1. The van der Waals surface area contributed by atoms with E-state index in [1.165, 1.54) is 0 Å². The Bertz CT molecular complexity index is 290. The smallest absolute Gasteiger partial charge is 0.0573 e. The fourth-order valence-corrected chi connectivity index (χ4v) is 2.17. The summed E-state index contributed by atoms with van der Waals surface area (Å²) in [6, 6.07) is 4.49. The zero-order valence-electron chi connectivity index (χ0n) is 9.94. The number of rotatable bonds is 7. The largest absolute Gasteiger partial charge is 0.396 e. The molecule has 0 aliphatic carbocycles. The highest BCUT2D eigenvalue weighted by atomic mass is 32.2. The van der Waals surface area contributed by atoms with E-state index in [0.717, 1.165) is 29.3 Å². The van der Waals surface area contributed by atoms with E-state index in [9.17, 15) is 0 Å². The van der Waals surface area contributed by atoms with Crippen LogP contribution in [0.3, 0.4) is 0 Å². The van der Waals surface area contributed by atoms with Crippen LogP contribution in [-0.2, 0) is 0 Å². The number of aliphatic hydroxyl groups excluding tert-OH is 1. The Kier molecular flexibility index (Phi) is 6.45. The van der Waals surface area contributed by atoms with Crippen molar-refractivity contribution in [2.24, 2.45) is 0 Å². The maximum absolute atomic E-state index is 8.73. The molecule has 0 radical (unpaired) electrons. The Balaban J connectivity index is 2.61. The molecule has 1 unspecified atom stereocenters. The van der Waals surface area contributed by atoms with Crippen molar-refractivity contribution in [3.05, 3.63) is 24.0 Å². The van der Waals surface area contributed by atoms with E-state index in [-0.39, 0.29) is 6.61 Å². The molecule has 4 heteroatoms. The van der Waals surface area contributed by atoms with Gasteiger partial charge in [-0.15, -0.1) is 11.8 Å². The van der Waals surface area contributed by atoms with Gasteiger partial charge in [-0.25, -0.2) is 0 Å². The van der Waals surface area contributed by atoms with Crippen molar-refractivity contribution in [2.75, 3.05) is 18.9 Å². The molecule has 3 nitrogen and oxygen atoms in total. The molecule has 0 saturated heterocycles. The lowest BCUT2D eigenvalue weighted by Gasteiger charge is -2.15. The fraction of sp³-hybridized carbons (Fsp3) is 0.583. The van der Waals surface area contributed by atoms with Gasteiger partial charge in [-0.1, -0.05) is 13.8 Å². The molecule has 0 amide bonds. The molecule has 0 aromatic carbocycles. The van der Waals surface area contributed by atoms with Crippen LogP contribution in [0.25, 0.3) is 0 Å². The first-order valence-electron chi connectivity index (χ1n) is 5.74. The normalized spacial score (nSPS) is 12.7. The van der Waals surface area contributed by atoms with Gasteiger partial charge in [0, 0.05) is 22.9 Å². The van der Waals surface area contributed by atoms with Gasteiger partial charge in [0.25, 0.3) is 0 Å². The summed E-state index contributed by atoms with van der Waals surface area (Å²) >= 11 is 1.63. The number of hydrogen-bond donors (Lipinski definition) is 2. The number of thioether (sulfide) groups is 1. The summed E-state index contributed by atoms with van der Waals surface area (Å²) in [4.78, 5) is 5.57. The molecule has 1 atom stereocenters. The van der Waals surface area contributed by atoms with Crippen molar-refractivity contribution in [3.8, 4) is 0 Å². The Hall–Kier alpha value is -0.580. The van der Waals surface area contributed by atoms with Gasteiger partial charge < -0.3 is 10.4 Å². The van der Waals surface area contributed by atoms with Crippen LogP contribution in [-0.4, -0.2) is 29.0 Å². The number of aromatic nitrogens is 1. The number of hydrogen-bond acceptors (Lipinski definition) is 4. The minimum absolute atomic E-state index is 0.210. The summed E-state index contributed by atoms with van der Waals surface area (Å²) in [5.41, 5.74) is 1.10. The Morgan fingerprint density at radius 2 is 2.25 bits per heavy atom. The van der Waals surface area contributed by atoms with Crippen LogP contribution in [0.15, 0.2) is 23.2 Å². The molecule has 0 saturated carbocycles. The molecular formula is C12H20N2OS. The highest BCUT2D eigenvalue weighted by Crippen LogP contribution is 2.19. The van der Waals surface area contributed by atoms with Crippen LogP contribution in [0.5, 0.6) is 0 Å². The lowest BCUT2D eigenvalue weighted by atomic mass is 10.1. The van der Waals surface area contributed by atoms with E-state index in [1.807, 2.05) is 6.20 Å². The molecule has 0 bridgehead atoms. The van der Waals surface area contributed by atoms with Gasteiger partial charge in [0.2, 0.25) is 0 Å². The average molecular weight is 240 g/mol. The second-order valence-electron chi connectivity index (χ2n) is 3.51. The van der Waals surface area contributed by atoms with Crippen LogP contribution in [0.4, 0.5) is 0 Å². The van der Waals surface area contributed by atoms with Gasteiger partial charge in [-0.2, -0.15) is 0 Å². The molecule has 0 fully saturated rings. The molecule has 0 aliphatic heterocycles. The van der Waals surface area contributed by atoms with E-state index in [4.69, 9.17) is 5.11 Å². The van der Waals surface area contributed by atoms with Crippen LogP contribution in [0, 0.1) is 0 Å². The van der Waals surface area contributed by atoms with Crippen molar-refractivity contribution >= 4 is 11.8 Å². The Labute approximate surface area is 102 Å². The van der Waals surface area contributed by atoms with Crippen molar-refractivity contribution in [2.45, 2.75) is 31.2 Å². The summed E-state index contributed by atoms with van der Waals surface area (Å²) in [7, 11) is 0. The topological polar surface area (TPSA) is 45.1 Å². The predicted octanol–water partition coefficient (Wildman–Crippen LogP) is 2.23. The third-order valence-electron chi connectivity index (χ3n) is 2.34. The van der Waals surface area contributed by atoms with Crippen LogP contribution >= 0.6 is 11.8 Å². The van der Waals surface area contributed by atoms with Gasteiger partial charge in [-0.05, 0) is 25.1 Å². The fourth-order valence-electron chi connectivity index (χ4n) is 1.55. The van der Waals surface area contributed by atoms with Crippen molar-refractivity contribution < 1.29 is 5.11 Å². The molecule has 1 aromatic heterocycles. The second kappa shape index (κ2) is 7.65. The van der Waals surface area contributed by atoms with E-state index in [2.05, 4.69) is 36.3 Å². The lowest BCUT2D eigenvalue weighted by Crippen LogP contribution is -2.20. The zero-order chi connectivity index (χ0) is 11.8. The van der Waals surface area contributed by atoms with Gasteiger partial charge in [-0.3, -0.25) is 4.98 Å². The summed E-state index contributed by atoms with van der Waals surface area (Å²) in [6.07, 6.45) is 2.93. The van der Waals surface area contributed by atoms with Crippen molar-refractivity contribution in [1.82, 2.24) is 10.3 Å². The maximum Gasteiger partial charge on any atom is 0.0573 e. The lowest BCUT2D eigenvalue weighted by molar-refractivity contribution is 0.322. The number of nitrogens with zero attached hydrogens (tertiary/aromatic N) is 1. The van der Waals surface area contributed by atoms with E-state index in [0.29, 0.717) is 6.04 Å². The second-order valence-corrected chi connectivity index (χ2v) is 4.68. The average Bonchev–Trinajstić information content (AvgIpc) is 2.34. The minimum atomic E-state index is 0.210. The first-order chi connectivity index (χ1) is 7.81. The molecule has 2 N–H and O–H groups in total. The standard InChI is InChI=1S/C12H20N2OS/c1-3-11(13-4-2)12-6-5-10(9-14-12)16-8-7-15/h5-6,9,11,13,15H,3-4,7-8H2,1-2H3. The van der Waals surface area contributed by atoms with Crippen molar-refractivity contribution in [1.29, 1.82) is 0 Å². The van der Waals surface area contributed by atoms with Crippen LogP contribution < -0.4 is 5.32 Å². The quantitative estimate of drug-likeness (QED) is 0.717. The predicted molar refractivity (Wildman–Crippen MR) is 68.8 cm³/mol. The van der Waals surface area contributed by atoms with E-state index in [1.54, 1.807) is 11.8 Å². The zero-order valence-corrected chi connectivity index (χ0v) is 10.8. The van der Waals surface area contributed by atoms with E-state index < -0.39 is 0 Å². The minimum Gasteiger partial charge on any atom is -0.396 e. The summed E-state index contributed by atoms with van der Waals surface area (Å²) in [5.74, 6) is 0.728. The molecular weight excluding hydrogens is 220 g/mol. The number of aliphatic hydroxyl groups is 1. The summed E-state index contributed by atoms with van der Waals surface area (Å²) in [5, 5.41) is 12.1. The first kappa shape index (κ1) is 13.5. The molecule has 16 heavy (non-hydrogen) atoms. The van der Waals surface area contributed by atoms with Crippen LogP contribution in [0.2, 0.25) is 0 Å². The third-order valence-corrected chi connectivity index (χ3v) is 3.30. The third kappa shape index (κ3) is 4.12. The highest BCUT2D eigenvalue weighted by Gasteiger charge is 2.08. The molecule has 90 valence electrons. The molecule has 0 spiro atoms. The Morgan fingerprint density at radius 1 is 1.44 bits per heavy atom. The Morgan fingerprint density at radius 3 is 2.75 bits per heavy atom. The van der Waals surface area contributed by atoms with Crippen molar-refractivity contribution in [3.63, 3.8) is 0 Å². The number of pyridine rings is 1. The van der Waals surface area contributed by atoms with Gasteiger partial charge >= 0.3 is 0 Å². The summed E-state index contributed by atoms with van der Waals surface area (Å²) < 4.78 is 0. The molecule has 0 aliphatic rings. The monoisotopic (exact) mass is 240 g/mol. The van der Waals surface area contributed by atoms with Crippen LogP contribution in [0.1, 0.15) is 32.0 Å². The van der Waals surface area contributed by atoms with Gasteiger partial charge in [0.1, 0.15) is 0 Å². The molecule has 1 aromatic rings. The maximum atomic E-state index is 8.73. The number of nitrogens with one attached hydrogen (secondary N) is 1. The molecule has 1 heterocycles. The molecule has 1 rings (SSSR count). The van der Waals surface area contributed by atoms with Gasteiger partial charge in [0.15, 0.2) is 0 Å². The van der Waals surface area contributed by atoms with Gasteiger partial charge in [0.05, 0.1) is 12.3 Å². The summed E-state index contributed by atoms with van der Waals surface area (Å²) in [6.45, 7) is 5.43. The first-order valence-corrected chi connectivity index (χ1v) is 6.73. The highest BCUT2D eigenvalue weighted by molar-refractivity contribution is 7.99. The van der Waals surface area contributed by atoms with E-state index >= 15 is 0 Å².